The van der Waals surface area contributed by atoms with Gasteiger partial charge in [0, 0.05) is 12.2 Å². The van der Waals surface area contributed by atoms with Gasteiger partial charge in [-0.05, 0) is 24.8 Å². The third-order valence-corrected chi connectivity index (χ3v) is 4.15. The average Bonchev–Trinajstić information content (AvgIpc) is 2.49. The van der Waals surface area contributed by atoms with E-state index in [2.05, 4.69) is 17.0 Å². The lowest BCUT2D eigenvalue weighted by Gasteiger charge is -2.02. The van der Waals surface area contributed by atoms with E-state index in [1.807, 2.05) is 18.2 Å². The van der Waals surface area contributed by atoms with Crippen molar-refractivity contribution < 1.29 is 9.63 Å². The predicted octanol–water partition coefficient (Wildman–Crippen LogP) is 3.72. The summed E-state index contributed by atoms with van der Waals surface area (Å²) in [4.78, 5) is 16.2. The first-order chi connectivity index (χ1) is 9.83. The largest absolute Gasteiger partial charge is 0.305 e. The van der Waals surface area contributed by atoms with Crippen molar-refractivity contribution in [1.82, 2.24) is 0 Å². The molecule has 1 aromatic rings. The number of unbranched alkanes of at least 4 members (excludes halogenated alkanes) is 4. The molecule has 0 saturated carbocycles. The summed E-state index contributed by atoms with van der Waals surface area (Å²) in [6.07, 6.45) is 7.18. The molecule has 0 spiro atoms. The molecule has 20 heavy (non-hydrogen) atoms. The summed E-state index contributed by atoms with van der Waals surface area (Å²) in [5.41, 5.74) is 1.24. The molecule has 0 aliphatic rings. The van der Waals surface area contributed by atoms with Gasteiger partial charge in [0.1, 0.15) is 0 Å². The number of thioether (sulfide) groups is 1. The Labute approximate surface area is 126 Å². The zero-order valence-electron chi connectivity index (χ0n) is 12.1. The first-order valence-corrected chi connectivity index (χ1v) is 8.32. The van der Waals surface area contributed by atoms with Crippen LogP contribution in [0.1, 0.15) is 44.1 Å². The molecule has 0 radical (unpaired) electrons. The van der Waals surface area contributed by atoms with Crippen LogP contribution in [-0.2, 0) is 16.1 Å². The van der Waals surface area contributed by atoms with Crippen LogP contribution in [0.3, 0.4) is 0 Å². The Bertz CT molecular complexity index is 357. The highest BCUT2D eigenvalue weighted by atomic mass is 32.2. The quantitative estimate of drug-likeness (QED) is 0.499. The summed E-state index contributed by atoms with van der Waals surface area (Å²) < 4.78 is 0. The molecule has 0 aromatic heterocycles. The van der Waals surface area contributed by atoms with E-state index in [9.17, 15) is 4.79 Å². The second-order valence-corrected chi connectivity index (χ2v) is 6.00. The van der Waals surface area contributed by atoms with Gasteiger partial charge in [0.25, 0.3) is 0 Å². The molecule has 0 bridgehead atoms. The van der Waals surface area contributed by atoms with Gasteiger partial charge in [-0.2, -0.15) is 0 Å². The van der Waals surface area contributed by atoms with Crippen LogP contribution in [0.5, 0.6) is 0 Å². The minimum Gasteiger partial charge on any atom is -0.305 e. The molecule has 1 aromatic carbocycles. The van der Waals surface area contributed by atoms with Gasteiger partial charge in [-0.25, -0.2) is 5.90 Å². The molecule has 3 nitrogen and oxygen atoms in total. The molecule has 1 rings (SSSR count). The van der Waals surface area contributed by atoms with Crippen LogP contribution in [0.15, 0.2) is 30.3 Å². The van der Waals surface area contributed by atoms with Gasteiger partial charge in [-0.3, -0.25) is 4.79 Å². The third kappa shape index (κ3) is 9.13. The second-order valence-electron chi connectivity index (χ2n) is 4.84. The Balaban J connectivity index is 1.93. The topological polar surface area (TPSA) is 52.3 Å². The van der Waals surface area contributed by atoms with Crippen molar-refractivity contribution in [2.24, 2.45) is 5.90 Å². The van der Waals surface area contributed by atoms with Crippen LogP contribution in [0, 0.1) is 0 Å². The summed E-state index contributed by atoms with van der Waals surface area (Å²) >= 11 is 1.48. The molecule has 0 heterocycles. The lowest BCUT2D eigenvalue weighted by molar-refractivity contribution is -0.110. The highest BCUT2D eigenvalue weighted by Crippen LogP contribution is 2.13. The van der Waals surface area contributed by atoms with Gasteiger partial charge in [-0.15, -0.1) is 0 Å². The highest BCUT2D eigenvalue weighted by Gasteiger charge is 2.03. The number of carbonyl (C=O) groups excluding carboxylic acids is 1. The lowest BCUT2D eigenvalue weighted by atomic mass is 10.1. The fourth-order valence-electron chi connectivity index (χ4n) is 1.97. The van der Waals surface area contributed by atoms with Gasteiger partial charge < -0.3 is 4.84 Å². The van der Waals surface area contributed by atoms with Crippen LogP contribution in [0.25, 0.3) is 0 Å². The molecular formula is C16H25NO2S. The minimum atomic E-state index is 0.311. The Morgan fingerprint density at radius 3 is 2.50 bits per heavy atom. The first-order valence-electron chi connectivity index (χ1n) is 7.34. The van der Waals surface area contributed by atoms with Gasteiger partial charge in [0.2, 0.25) is 0 Å². The van der Waals surface area contributed by atoms with Crippen molar-refractivity contribution in [3.63, 3.8) is 0 Å². The Morgan fingerprint density at radius 1 is 1.05 bits per heavy atom. The Kier molecular flexibility index (Phi) is 10.3. The number of aryl methyl sites for hydroxylation is 1. The van der Waals surface area contributed by atoms with Gasteiger partial charge in [0.15, 0.2) is 5.12 Å². The van der Waals surface area contributed by atoms with Crippen molar-refractivity contribution in [3.8, 4) is 0 Å². The maximum Gasteiger partial charge on any atom is 0.189 e. The predicted molar refractivity (Wildman–Crippen MR) is 85.5 cm³/mol. The summed E-state index contributed by atoms with van der Waals surface area (Å²) in [6, 6.07) is 10.2. The summed E-state index contributed by atoms with van der Waals surface area (Å²) in [5, 5.41) is 0.311. The van der Waals surface area contributed by atoms with Crippen LogP contribution in [-0.4, -0.2) is 17.5 Å². The van der Waals surface area contributed by atoms with Crippen molar-refractivity contribution in [2.75, 3.05) is 12.4 Å². The molecule has 0 amide bonds. The molecule has 112 valence electrons. The van der Waals surface area contributed by atoms with E-state index >= 15 is 0 Å². The molecular weight excluding hydrogens is 270 g/mol. The summed E-state index contributed by atoms with van der Waals surface area (Å²) in [5.74, 6) is 5.90. The van der Waals surface area contributed by atoms with Crippen molar-refractivity contribution >= 4 is 16.9 Å². The zero-order chi connectivity index (χ0) is 14.5. The minimum absolute atomic E-state index is 0.311. The summed E-state index contributed by atoms with van der Waals surface area (Å²) in [7, 11) is 0. The summed E-state index contributed by atoms with van der Waals surface area (Å²) in [6.45, 7) is 0.646. The Morgan fingerprint density at radius 2 is 1.75 bits per heavy atom. The average molecular weight is 295 g/mol. The number of rotatable bonds is 11. The number of hydrogen-bond acceptors (Lipinski definition) is 4. The van der Waals surface area contributed by atoms with Crippen LogP contribution in [0.4, 0.5) is 0 Å². The normalized spacial score (nSPS) is 10.7. The lowest BCUT2D eigenvalue weighted by Crippen LogP contribution is -2.00. The molecule has 2 N–H and O–H groups in total. The first kappa shape index (κ1) is 17.2. The van der Waals surface area contributed by atoms with E-state index in [0.29, 0.717) is 18.1 Å². The van der Waals surface area contributed by atoms with E-state index in [0.717, 1.165) is 31.4 Å². The monoisotopic (exact) mass is 295 g/mol. The van der Waals surface area contributed by atoms with Crippen molar-refractivity contribution in [1.29, 1.82) is 0 Å². The van der Waals surface area contributed by atoms with Crippen molar-refractivity contribution in [3.05, 3.63) is 35.9 Å². The molecule has 0 unspecified atom stereocenters. The van der Waals surface area contributed by atoms with Gasteiger partial charge in [-0.1, -0.05) is 61.4 Å². The Hall–Kier alpha value is -0.840. The van der Waals surface area contributed by atoms with E-state index < -0.39 is 0 Å². The number of hydrogen-bond donors (Lipinski definition) is 1. The number of nitrogens with two attached hydrogens (primary N) is 1. The van der Waals surface area contributed by atoms with E-state index in [4.69, 9.17) is 5.90 Å². The molecule has 0 fully saturated rings. The van der Waals surface area contributed by atoms with E-state index in [1.54, 1.807) is 0 Å². The van der Waals surface area contributed by atoms with E-state index in [-0.39, 0.29) is 0 Å². The standard InChI is InChI=1S/C16H25NO2S/c17-19-13-7-2-1-3-8-14-20-16(18)12-11-15-9-5-4-6-10-15/h4-6,9-10H,1-3,7-8,11-14,17H2. The van der Waals surface area contributed by atoms with Crippen LogP contribution < -0.4 is 5.90 Å². The highest BCUT2D eigenvalue weighted by molar-refractivity contribution is 8.13. The smallest absolute Gasteiger partial charge is 0.189 e. The zero-order valence-corrected chi connectivity index (χ0v) is 12.9. The molecule has 0 aliphatic carbocycles. The SMILES string of the molecule is NOCCCCCCCSC(=O)CCc1ccccc1. The van der Waals surface area contributed by atoms with Crippen LogP contribution in [0.2, 0.25) is 0 Å². The molecule has 0 saturated heterocycles. The molecule has 4 heteroatoms. The number of benzene rings is 1. The maximum atomic E-state index is 11.7. The van der Waals surface area contributed by atoms with Crippen LogP contribution >= 0.6 is 11.8 Å². The van der Waals surface area contributed by atoms with E-state index in [1.165, 1.54) is 30.2 Å². The fraction of sp³-hybridized carbons (Fsp3) is 0.562. The molecule has 0 aliphatic heterocycles. The second kappa shape index (κ2) is 11.9. The van der Waals surface area contributed by atoms with Gasteiger partial charge >= 0.3 is 0 Å². The number of carbonyl (C=O) groups is 1. The third-order valence-electron chi connectivity index (χ3n) is 3.13. The maximum absolute atomic E-state index is 11.7. The fourth-order valence-corrected chi connectivity index (χ4v) is 2.79. The molecule has 0 atom stereocenters. The van der Waals surface area contributed by atoms with Crippen molar-refractivity contribution in [2.45, 2.75) is 44.9 Å². The van der Waals surface area contributed by atoms with Gasteiger partial charge in [0.05, 0.1) is 6.61 Å².